The van der Waals surface area contributed by atoms with Crippen LogP contribution in [0.1, 0.15) is 11.3 Å². The minimum Gasteiger partial charge on any atom is -0.497 e. The summed E-state index contributed by atoms with van der Waals surface area (Å²) in [5.74, 6) is 1.18. The van der Waals surface area contributed by atoms with Gasteiger partial charge in [0.25, 0.3) is 0 Å². The number of aryl methyl sites for hydroxylation is 1. The number of carbonyl (C=O) groups excluding carboxylic acids is 1. The summed E-state index contributed by atoms with van der Waals surface area (Å²) in [6, 6.07) is 16.9. The van der Waals surface area contributed by atoms with E-state index >= 15 is 0 Å². The van der Waals surface area contributed by atoms with Gasteiger partial charge in [-0.25, -0.2) is 0 Å². The third-order valence-electron chi connectivity index (χ3n) is 3.59. The number of nitrogens with one attached hydrogen (secondary N) is 1. The maximum atomic E-state index is 12.1. The average molecular weight is 322 g/mol. The first-order valence-electron chi connectivity index (χ1n) is 7.60. The summed E-state index contributed by atoms with van der Waals surface area (Å²) < 4.78 is 10.5. The standard InChI is InChI=1S/C19H18N2O3/c1-13-6-8-14(9-7-13)18-11-16(21-24-18)12-19(22)20-15-4-3-5-17(10-15)23-2/h3-11H,12H2,1-2H3,(H,20,22). The largest absolute Gasteiger partial charge is 0.497 e. The Morgan fingerprint density at radius 1 is 1.17 bits per heavy atom. The van der Waals surface area contributed by atoms with Gasteiger partial charge in [-0.1, -0.05) is 41.1 Å². The number of ether oxygens (including phenoxy) is 1. The number of rotatable bonds is 5. The molecule has 0 aliphatic rings. The molecule has 0 aliphatic heterocycles. The Balaban J connectivity index is 1.65. The predicted octanol–water partition coefficient (Wildman–Crippen LogP) is 3.84. The van der Waals surface area contributed by atoms with Crippen LogP contribution in [0.25, 0.3) is 11.3 Å². The second-order valence-corrected chi connectivity index (χ2v) is 5.51. The average Bonchev–Trinajstić information content (AvgIpc) is 3.04. The first kappa shape index (κ1) is 15.8. The molecule has 5 heteroatoms. The van der Waals surface area contributed by atoms with Crippen molar-refractivity contribution in [3.05, 3.63) is 65.9 Å². The van der Waals surface area contributed by atoms with Gasteiger partial charge in [0, 0.05) is 23.4 Å². The van der Waals surface area contributed by atoms with E-state index in [0.29, 0.717) is 22.9 Å². The Hall–Kier alpha value is -3.08. The number of aromatic nitrogens is 1. The van der Waals surface area contributed by atoms with Crippen LogP contribution in [0.3, 0.4) is 0 Å². The van der Waals surface area contributed by atoms with Gasteiger partial charge in [0.2, 0.25) is 5.91 Å². The van der Waals surface area contributed by atoms with Crippen LogP contribution in [-0.4, -0.2) is 18.2 Å². The number of nitrogens with zero attached hydrogens (tertiary/aromatic N) is 1. The van der Waals surface area contributed by atoms with Crippen LogP contribution in [-0.2, 0) is 11.2 Å². The number of benzene rings is 2. The summed E-state index contributed by atoms with van der Waals surface area (Å²) >= 11 is 0. The van der Waals surface area contributed by atoms with Crippen molar-refractivity contribution in [3.63, 3.8) is 0 Å². The van der Waals surface area contributed by atoms with Crippen molar-refractivity contribution in [2.24, 2.45) is 0 Å². The van der Waals surface area contributed by atoms with Crippen molar-refractivity contribution >= 4 is 11.6 Å². The number of amides is 1. The van der Waals surface area contributed by atoms with Crippen LogP contribution < -0.4 is 10.1 Å². The molecule has 3 aromatic rings. The van der Waals surface area contributed by atoms with E-state index in [0.717, 1.165) is 5.56 Å². The Morgan fingerprint density at radius 2 is 1.96 bits per heavy atom. The summed E-state index contributed by atoms with van der Waals surface area (Å²) in [6.45, 7) is 2.03. The molecule has 1 aromatic heterocycles. The fourth-order valence-electron chi connectivity index (χ4n) is 2.32. The summed E-state index contributed by atoms with van der Waals surface area (Å²) in [7, 11) is 1.59. The van der Waals surface area contributed by atoms with E-state index in [1.807, 2.05) is 43.3 Å². The van der Waals surface area contributed by atoms with Crippen molar-refractivity contribution < 1.29 is 14.1 Å². The van der Waals surface area contributed by atoms with Gasteiger partial charge in [-0.2, -0.15) is 0 Å². The highest BCUT2D eigenvalue weighted by Crippen LogP contribution is 2.21. The molecular formula is C19H18N2O3. The highest BCUT2D eigenvalue weighted by Gasteiger charge is 2.11. The minimum atomic E-state index is -0.160. The van der Waals surface area contributed by atoms with Gasteiger partial charge >= 0.3 is 0 Å². The second kappa shape index (κ2) is 7.00. The maximum Gasteiger partial charge on any atom is 0.230 e. The van der Waals surface area contributed by atoms with E-state index in [4.69, 9.17) is 9.26 Å². The molecule has 0 saturated carbocycles. The van der Waals surface area contributed by atoms with Gasteiger partial charge in [-0.15, -0.1) is 0 Å². The van der Waals surface area contributed by atoms with E-state index in [-0.39, 0.29) is 12.3 Å². The zero-order valence-corrected chi connectivity index (χ0v) is 13.6. The number of methoxy groups -OCH3 is 1. The highest BCUT2D eigenvalue weighted by molar-refractivity contribution is 5.92. The number of hydrogen-bond donors (Lipinski definition) is 1. The van der Waals surface area contributed by atoms with E-state index in [9.17, 15) is 4.79 Å². The van der Waals surface area contributed by atoms with Crippen LogP contribution in [0.4, 0.5) is 5.69 Å². The van der Waals surface area contributed by atoms with Crippen molar-refractivity contribution in [2.45, 2.75) is 13.3 Å². The summed E-state index contributed by atoms with van der Waals surface area (Å²) in [5.41, 5.74) is 3.39. The molecule has 0 fully saturated rings. The fraction of sp³-hybridized carbons (Fsp3) is 0.158. The van der Waals surface area contributed by atoms with Gasteiger partial charge in [0.05, 0.1) is 19.2 Å². The van der Waals surface area contributed by atoms with Crippen LogP contribution in [0.15, 0.2) is 59.1 Å². The number of hydrogen-bond acceptors (Lipinski definition) is 4. The summed E-state index contributed by atoms with van der Waals surface area (Å²) in [5, 5.41) is 6.79. The predicted molar refractivity (Wildman–Crippen MR) is 92.0 cm³/mol. The zero-order chi connectivity index (χ0) is 16.9. The molecule has 0 aliphatic carbocycles. The van der Waals surface area contributed by atoms with E-state index in [2.05, 4.69) is 10.5 Å². The Morgan fingerprint density at radius 3 is 2.71 bits per heavy atom. The molecule has 1 amide bonds. The van der Waals surface area contributed by atoms with Gasteiger partial charge < -0.3 is 14.6 Å². The molecule has 5 nitrogen and oxygen atoms in total. The van der Waals surface area contributed by atoms with Crippen molar-refractivity contribution in [1.29, 1.82) is 0 Å². The summed E-state index contributed by atoms with van der Waals surface area (Å²) in [6.07, 6.45) is 0.145. The zero-order valence-electron chi connectivity index (χ0n) is 13.6. The summed E-state index contributed by atoms with van der Waals surface area (Å²) in [4.78, 5) is 12.1. The van der Waals surface area contributed by atoms with Crippen molar-refractivity contribution in [2.75, 3.05) is 12.4 Å². The molecule has 0 radical (unpaired) electrons. The second-order valence-electron chi connectivity index (χ2n) is 5.51. The van der Waals surface area contributed by atoms with E-state index < -0.39 is 0 Å². The fourth-order valence-corrected chi connectivity index (χ4v) is 2.32. The van der Waals surface area contributed by atoms with Gasteiger partial charge in [0.15, 0.2) is 5.76 Å². The highest BCUT2D eigenvalue weighted by atomic mass is 16.5. The van der Waals surface area contributed by atoms with E-state index in [1.54, 1.807) is 25.3 Å². The molecule has 0 saturated heterocycles. The lowest BCUT2D eigenvalue weighted by molar-refractivity contribution is -0.115. The SMILES string of the molecule is COc1cccc(NC(=O)Cc2cc(-c3ccc(C)cc3)on2)c1. The number of anilines is 1. The molecule has 0 unspecified atom stereocenters. The van der Waals surface area contributed by atoms with Crippen LogP contribution >= 0.6 is 0 Å². The molecule has 3 rings (SSSR count). The normalized spacial score (nSPS) is 10.4. The Labute approximate surface area is 140 Å². The van der Waals surface area contributed by atoms with Crippen molar-refractivity contribution in [3.8, 4) is 17.1 Å². The lowest BCUT2D eigenvalue weighted by Crippen LogP contribution is -2.14. The third-order valence-corrected chi connectivity index (χ3v) is 3.59. The van der Waals surface area contributed by atoms with Crippen LogP contribution in [0, 0.1) is 6.92 Å². The maximum absolute atomic E-state index is 12.1. The first-order valence-corrected chi connectivity index (χ1v) is 7.60. The van der Waals surface area contributed by atoms with Crippen molar-refractivity contribution in [1.82, 2.24) is 5.16 Å². The molecule has 1 N–H and O–H groups in total. The third kappa shape index (κ3) is 3.81. The van der Waals surface area contributed by atoms with Gasteiger partial charge in [0.1, 0.15) is 5.75 Å². The Kier molecular flexibility index (Phi) is 4.61. The number of carbonyl (C=O) groups is 1. The molecule has 0 atom stereocenters. The molecule has 24 heavy (non-hydrogen) atoms. The molecule has 1 heterocycles. The molecule has 0 spiro atoms. The molecule has 2 aromatic carbocycles. The molecular weight excluding hydrogens is 304 g/mol. The quantitative estimate of drug-likeness (QED) is 0.775. The lowest BCUT2D eigenvalue weighted by Gasteiger charge is -2.05. The topological polar surface area (TPSA) is 64.4 Å². The monoisotopic (exact) mass is 322 g/mol. The van der Waals surface area contributed by atoms with Crippen LogP contribution in [0.2, 0.25) is 0 Å². The van der Waals surface area contributed by atoms with Crippen LogP contribution in [0.5, 0.6) is 5.75 Å². The molecule has 0 bridgehead atoms. The first-order chi connectivity index (χ1) is 11.6. The smallest absolute Gasteiger partial charge is 0.230 e. The van der Waals surface area contributed by atoms with Gasteiger partial charge in [-0.3, -0.25) is 4.79 Å². The van der Waals surface area contributed by atoms with E-state index in [1.165, 1.54) is 5.56 Å². The molecule has 122 valence electrons. The minimum absolute atomic E-state index is 0.145. The lowest BCUT2D eigenvalue weighted by atomic mass is 10.1. The Bertz CT molecular complexity index is 838. The van der Waals surface area contributed by atoms with Gasteiger partial charge in [-0.05, 0) is 19.1 Å².